The third-order valence-corrected chi connectivity index (χ3v) is 2.37. The molecular weight excluding hydrogens is 188 g/mol. The van der Waals surface area contributed by atoms with Gasteiger partial charge in [0.15, 0.2) is 0 Å². The monoisotopic (exact) mass is 202 g/mol. The van der Waals surface area contributed by atoms with Crippen LogP contribution in [-0.4, -0.2) is 23.7 Å². The van der Waals surface area contributed by atoms with Gasteiger partial charge in [0.1, 0.15) is 0 Å². The molecule has 0 radical (unpaired) electrons. The predicted molar refractivity (Wildman–Crippen MR) is 52.8 cm³/mol. The highest BCUT2D eigenvalue weighted by molar-refractivity contribution is 7.81. The van der Waals surface area contributed by atoms with E-state index in [0.717, 1.165) is 25.7 Å². The number of carbonyl (C=O) groups excluding carboxylic acids is 2. The summed E-state index contributed by atoms with van der Waals surface area (Å²) >= 11 is 3.75. The first-order valence-electron chi connectivity index (χ1n) is 4.43. The summed E-state index contributed by atoms with van der Waals surface area (Å²) in [4.78, 5) is 21.8. The van der Waals surface area contributed by atoms with Crippen molar-refractivity contribution in [3.63, 3.8) is 0 Å². The minimum atomic E-state index is -0.397. The molecule has 1 rings (SSSR count). The molecule has 0 aromatic heterocycles. The molecule has 0 aliphatic heterocycles. The van der Waals surface area contributed by atoms with Gasteiger partial charge in [-0.1, -0.05) is 12.8 Å². The maximum atomic E-state index is 11.1. The largest absolute Gasteiger partial charge is 0.335 e. The molecule has 1 saturated carbocycles. The molecule has 0 aromatic rings. The number of hydrogen-bond donors (Lipinski definition) is 3. The van der Waals surface area contributed by atoms with Crippen LogP contribution in [0.25, 0.3) is 0 Å². The van der Waals surface area contributed by atoms with Crippen LogP contribution in [0.2, 0.25) is 0 Å². The van der Waals surface area contributed by atoms with Gasteiger partial charge in [0.05, 0.1) is 5.75 Å². The van der Waals surface area contributed by atoms with E-state index in [9.17, 15) is 9.59 Å². The number of carbonyl (C=O) groups is 2. The van der Waals surface area contributed by atoms with Gasteiger partial charge in [0.2, 0.25) is 5.91 Å². The molecular formula is C8H14N2O2S. The highest BCUT2D eigenvalue weighted by atomic mass is 32.1. The minimum absolute atomic E-state index is 0.0398. The van der Waals surface area contributed by atoms with E-state index in [1.54, 1.807) is 0 Å². The molecule has 1 fully saturated rings. The van der Waals surface area contributed by atoms with Crippen molar-refractivity contribution >= 4 is 24.6 Å². The molecule has 1 aliphatic carbocycles. The summed E-state index contributed by atoms with van der Waals surface area (Å²) in [6.07, 6.45) is 4.35. The molecule has 2 N–H and O–H groups in total. The zero-order valence-corrected chi connectivity index (χ0v) is 8.27. The number of hydrogen-bond acceptors (Lipinski definition) is 3. The normalized spacial score (nSPS) is 17.0. The topological polar surface area (TPSA) is 58.2 Å². The summed E-state index contributed by atoms with van der Waals surface area (Å²) in [5.41, 5.74) is 0. The predicted octanol–water partition coefficient (Wildman–Crippen LogP) is 0.685. The molecule has 13 heavy (non-hydrogen) atoms. The average molecular weight is 202 g/mol. The van der Waals surface area contributed by atoms with Gasteiger partial charge < -0.3 is 5.32 Å². The Bertz CT molecular complexity index is 202. The molecule has 0 bridgehead atoms. The van der Waals surface area contributed by atoms with Crippen LogP contribution in [-0.2, 0) is 4.79 Å². The van der Waals surface area contributed by atoms with Crippen LogP contribution in [0.1, 0.15) is 25.7 Å². The van der Waals surface area contributed by atoms with Gasteiger partial charge in [-0.25, -0.2) is 4.79 Å². The minimum Gasteiger partial charge on any atom is -0.335 e. The van der Waals surface area contributed by atoms with Crippen molar-refractivity contribution in [2.24, 2.45) is 0 Å². The van der Waals surface area contributed by atoms with E-state index >= 15 is 0 Å². The third kappa shape index (κ3) is 3.67. The molecule has 1 aliphatic rings. The number of nitrogens with one attached hydrogen (secondary N) is 2. The Kier molecular flexibility index (Phi) is 4.08. The molecule has 0 saturated heterocycles. The zero-order chi connectivity index (χ0) is 9.68. The Balaban J connectivity index is 2.20. The van der Waals surface area contributed by atoms with E-state index in [1.807, 2.05) is 0 Å². The van der Waals surface area contributed by atoms with E-state index in [2.05, 4.69) is 23.3 Å². The summed E-state index contributed by atoms with van der Waals surface area (Å²) in [6.45, 7) is 0. The van der Waals surface area contributed by atoms with E-state index in [4.69, 9.17) is 0 Å². The van der Waals surface area contributed by atoms with Crippen LogP contribution < -0.4 is 10.6 Å². The Labute approximate surface area is 82.9 Å². The van der Waals surface area contributed by atoms with Gasteiger partial charge in [-0.3, -0.25) is 10.1 Å². The summed E-state index contributed by atoms with van der Waals surface area (Å²) in [7, 11) is 0. The summed E-state index contributed by atoms with van der Waals surface area (Å²) < 4.78 is 0. The molecule has 5 heteroatoms. The van der Waals surface area contributed by atoms with Crippen LogP contribution in [0.5, 0.6) is 0 Å². The Morgan fingerprint density at radius 2 is 1.92 bits per heavy atom. The zero-order valence-electron chi connectivity index (χ0n) is 7.38. The standard InChI is InChI=1S/C8H14N2O2S/c11-7(5-13)10-8(12)9-6-3-1-2-4-6/h6,13H,1-5H2,(H2,9,10,11,12). The molecule has 0 atom stereocenters. The van der Waals surface area contributed by atoms with Gasteiger partial charge >= 0.3 is 6.03 Å². The Hall–Kier alpha value is -0.710. The van der Waals surface area contributed by atoms with Crippen LogP contribution in [0.15, 0.2) is 0 Å². The van der Waals surface area contributed by atoms with Crippen LogP contribution in [0.4, 0.5) is 4.79 Å². The average Bonchev–Trinajstić information content (AvgIpc) is 2.56. The lowest BCUT2D eigenvalue weighted by Gasteiger charge is -2.11. The van der Waals surface area contributed by atoms with E-state index in [0.29, 0.717) is 0 Å². The van der Waals surface area contributed by atoms with Crippen LogP contribution in [0.3, 0.4) is 0 Å². The van der Waals surface area contributed by atoms with Gasteiger partial charge in [-0.05, 0) is 12.8 Å². The first-order valence-corrected chi connectivity index (χ1v) is 5.07. The SMILES string of the molecule is O=C(CS)NC(=O)NC1CCCC1. The maximum absolute atomic E-state index is 11.1. The first-order chi connectivity index (χ1) is 6.22. The van der Waals surface area contributed by atoms with E-state index in [-0.39, 0.29) is 17.7 Å². The molecule has 0 aromatic carbocycles. The number of urea groups is 1. The Morgan fingerprint density at radius 3 is 2.46 bits per heavy atom. The molecule has 0 spiro atoms. The molecule has 0 heterocycles. The van der Waals surface area contributed by atoms with Crippen molar-refractivity contribution in [3.8, 4) is 0 Å². The second-order valence-corrected chi connectivity index (χ2v) is 3.48. The summed E-state index contributed by atoms with van der Waals surface area (Å²) in [5, 5.41) is 4.93. The number of thiol groups is 1. The fraction of sp³-hybridized carbons (Fsp3) is 0.750. The van der Waals surface area contributed by atoms with Crippen molar-refractivity contribution < 1.29 is 9.59 Å². The molecule has 4 nitrogen and oxygen atoms in total. The van der Waals surface area contributed by atoms with Crippen LogP contribution >= 0.6 is 12.6 Å². The van der Waals surface area contributed by atoms with Crippen molar-refractivity contribution in [3.05, 3.63) is 0 Å². The Morgan fingerprint density at radius 1 is 1.31 bits per heavy atom. The van der Waals surface area contributed by atoms with Gasteiger partial charge in [-0.15, -0.1) is 0 Å². The smallest absolute Gasteiger partial charge is 0.321 e. The summed E-state index contributed by atoms with van der Waals surface area (Å²) in [6, 6.07) is -0.154. The van der Waals surface area contributed by atoms with Gasteiger partial charge in [-0.2, -0.15) is 12.6 Å². The second-order valence-electron chi connectivity index (χ2n) is 3.16. The van der Waals surface area contributed by atoms with Crippen molar-refractivity contribution in [2.45, 2.75) is 31.7 Å². The fourth-order valence-electron chi connectivity index (χ4n) is 1.46. The van der Waals surface area contributed by atoms with E-state index < -0.39 is 6.03 Å². The van der Waals surface area contributed by atoms with Crippen molar-refractivity contribution in [2.75, 3.05) is 5.75 Å². The molecule has 0 unspecified atom stereocenters. The third-order valence-electron chi connectivity index (χ3n) is 2.09. The molecule has 3 amide bonds. The van der Waals surface area contributed by atoms with E-state index in [1.165, 1.54) is 0 Å². The van der Waals surface area contributed by atoms with Crippen molar-refractivity contribution in [1.29, 1.82) is 0 Å². The maximum Gasteiger partial charge on any atom is 0.321 e. The van der Waals surface area contributed by atoms with Gasteiger partial charge in [0, 0.05) is 6.04 Å². The quantitative estimate of drug-likeness (QED) is 0.577. The highest BCUT2D eigenvalue weighted by Crippen LogP contribution is 2.17. The fourth-order valence-corrected chi connectivity index (χ4v) is 1.54. The first kappa shape index (κ1) is 10.4. The highest BCUT2D eigenvalue weighted by Gasteiger charge is 2.17. The molecule has 74 valence electrons. The van der Waals surface area contributed by atoms with Gasteiger partial charge in [0.25, 0.3) is 0 Å². The lowest BCUT2D eigenvalue weighted by Crippen LogP contribution is -2.44. The number of amides is 3. The summed E-state index contributed by atoms with van der Waals surface area (Å²) in [5.74, 6) is -0.322. The lowest BCUT2D eigenvalue weighted by atomic mass is 10.2. The van der Waals surface area contributed by atoms with Crippen LogP contribution in [0, 0.1) is 0 Å². The lowest BCUT2D eigenvalue weighted by molar-refractivity contribution is -0.117. The number of rotatable bonds is 2. The number of imide groups is 1. The van der Waals surface area contributed by atoms with Crippen molar-refractivity contribution in [1.82, 2.24) is 10.6 Å². The second kappa shape index (κ2) is 5.11.